The van der Waals surface area contributed by atoms with Gasteiger partial charge in [-0.3, -0.25) is 9.59 Å². The fraction of sp³-hybridized carbons (Fsp3) is 0.304. The summed E-state index contributed by atoms with van der Waals surface area (Å²) in [6.45, 7) is 4.26. The Morgan fingerprint density at radius 3 is 2.44 bits per heavy atom. The third-order valence-electron chi connectivity index (χ3n) is 5.21. The van der Waals surface area contributed by atoms with Crippen LogP contribution in [0.15, 0.2) is 63.6 Å². The van der Waals surface area contributed by atoms with Gasteiger partial charge in [-0.05, 0) is 35.9 Å². The van der Waals surface area contributed by atoms with Crippen LogP contribution in [0.5, 0.6) is 0 Å². The standard InChI is InChI=1S/C18H14BrClN2O2S.C5H11NO/c19-10-5-7-11(8-6-10)21-17(24)16-13(9-15(23)22-18(16)25)12-3-1-2-4-14(12)20;1-6-2-4-7-5-3-6/h1-8,13,25H,9H2,(H,21,24)(H,22,23);2-5H2,1H3. The molecular formula is C23H25BrClN3O3S. The maximum absolute atomic E-state index is 12.8. The van der Waals surface area contributed by atoms with Crippen molar-refractivity contribution in [1.29, 1.82) is 0 Å². The lowest BCUT2D eigenvalue weighted by molar-refractivity contribution is -0.888. The van der Waals surface area contributed by atoms with Crippen LogP contribution in [-0.2, 0) is 27.0 Å². The molecule has 2 aliphatic heterocycles. The molecule has 6 nitrogen and oxygen atoms in total. The first-order valence-corrected chi connectivity index (χ1v) is 11.8. The molecule has 1 fully saturated rings. The second-order valence-electron chi connectivity index (χ2n) is 7.60. The zero-order chi connectivity index (χ0) is 23.1. The van der Waals surface area contributed by atoms with Crippen LogP contribution in [0.1, 0.15) is 17.9 Å². The third kappa shape index (κ3) is 6.76. The quantitative estimate of drug-likeness (QED) is 0.526. The van der Waals surface area contributed by atoms with Crippen LogP contribution in [0.3, 0.4) is 0 Å². The molecule has 0 aromatic heterocycles. The van der Waals surface area contributed by atoms with Gasteiger partial charge < -0.3 is 32.9 Å². The number of carbonyl (C=O) groups is 2. The molecule has 4 rings (SSSR count). The molecule has 2 aromatic carbocycles. The number of morpholine rings is 1. The molecule has 0 bridgehead atoms. The maximum Gasteiger partial charge on any atom is 0.252 e. The van der Waals surface area contributed by atoms with Crippen molar-refractivity contribution in [2.24, 2.45) is 0 Å². The van der Waals surface area contributed by atoms with Crippen molar-refractivity contribution >= 4 is 57.7 Å². The van der Waals surface area contributed by atoms with Crippen molar-refractivity contribution in [3.63, 3.8) is 0 Å². The number of anilines is 1. The fourth-order valence-electron chi connectivity index (χ4n) is 3.43. The molecule has 32 heavy (non-hydrogen) atoms. The number of amides is 2. The summed E-state index contributed by atoms with van der Waals surface area (Å²) in [6.07, 6.45) is 0.118. The highest BCUT2D eigenvalue weighted by Gasteiger charge is 2.30. The topological polar surface area (TPSA) is 71.9 Å². The molecular weight excluding hydrogens is 514 g/mol. The number of likely N-dealkylation sites (N-methyl/N-ethyl adjacent to an activating group) is 1. The van der Waals surface area contributed by atoms with Crippen molar-refractivity contribution < 1.29 is 19.2 Å². The summed E-state index contributed by atoms with van der Waals surface area (Å²) in [4.78, 5) is 26.4. The van der Waals surface area contributed by atoms with E-state index in [2.05, 4.69) is 33.6 Å². The fourth-order valence-corrected chi connectivity index (χ4v) is 4.31. The van der Waals surface area contributed by atoms with Crippen LogP contribution in [0, 0.1) is 0 Å². The minimum Gasteiger partial charge on any atom is -0.762 e. The highest BCUT2D eigenvalue weighted by Crippen LogP contribution is 2.36. The molecule has 2 aliphatic rings. The number of hydrogen-bond donors (Lipinski definition) is 3. The Bertz CT molecular complexity index is 994. The van der Waals surface area contributed by atoms with Crippen molar-refractivity contribution in [2.45, 2.75) is 12.3 Å². The first kappa shape index (κ1) is 24.7. The Morgan fingerprint density at radius 1 is 1.19 bits per heavy atom. The summed E-state index contributed by atoms with van der Waals surface area (Å²) < 4.78 is 6.03. The number of hydrogen-bond acceptors (Lipinski definition) is 4. The molecule has 1 atom stereocenters. The normalized spacial score (nSPS) is 19.0. The summed E-state index contributed by atoms with van der Waals surface area (Å²) in [5, 5.41) is 6.03. The molecule has 2 heterocycles. The van der Waals surface area contributed by atoms with Gasteiger partial charge in [-0.2, -0.15) is 0 Å². The van der Waals surface area contributed by atoms with E-state index >= 15 is 0 Å². The van der Waals surface area contributed by atoms with Gasteiger partial charge in [-0.25, -0.2) is 0 Å². The van der Waals surface area contributed by atoms with Gasteiger partial charge in [0.25, 0.3) is 5.91 Å². The number of benzene rings is 2. The molecule has 0 spiro atoms. The number of halogens is 2. The maximum atomic E-state index is 12.8. The first-order valence-electron chi connectivity index (χ1n) is 10.3. The molecule has 1 unspecified atom stereocenters. The van der Waals surface area contributed by atoms with Crippen LogP contribution in [0.25, 0.3) is 0 Å². The van der Waals surface area contributed by atoms with Gasteiger partial charge in [0, 0.05) is 33.1 Å². The Morgan fingerprint density at radius 2 is 1.84 bits per heavy atom. The number of rotatable bonds is 3. The summed E-state index contributed by atoms with van der Waals surface area (Å²) in [5.74, 6) is -1.06. The number of carbonyl (C=O) groups excluding carboxylic acids is 2. The predicted molar refractivity (Wildman–Crippen MR) is 132 cm³/mol. The van der Waals surface area contributed by atoms with Crippen molar-refractivity contribution in [2.75, 3.05) is 38.7 Å². The third-order valence-corrected chi connectivity index (χ3v) is 6.40. The lowest BCUT2D eigenvalue weighted by atomic mass is 9.86. The largest absolute Gasteiger partial charge is 0.762 e. The van der Waals surface area contributed by atoms with Crippen molar-refractivity contribution in [1.82, 2.24) is 5.32 Å². The second-order valence-corrected chi connectivity index (χ2v) is 9.33. The average Bonchev–Trinajstić information content (AvgIpc) is 2.76. The summed E-state index contributed by atoms with van der Waals surface area (Å²) in [5.41, 5.74) is 1.69. The lowest BCUT2D eigenvalue weighted by Crippen LogP contribution is -3.11. The second kappa shape index (κ2) is 11.8. The highest BCUT2D eigenvalue weighted by atomic mass is 79.9. The van der Waals surface area contributed by atoms with Gasteiger partial charge in [0.1, 0.15) is 13.1 Å². The Hall–Kier alpha value is -1.97. The smallest absolute Gasteiger partial charge is 0.252 e. The van der Waals surface area contributed by atoms with E-state index in [0.29, 0.717) is 21.8 Å². The van der Waals surface area contributed by atoms with E-state index in [-0.39, 0.29) is 23.3 Å². The molecule has 2 aromatic rings. The summed E-state index contributed by atoms with van der Waals surface area (Å²) in [6, 6.07) is 14.4. The number of nitrogens with one attached hydrogen (secondary N) is 3. The van der Waals surface area contributed by atoms with E-state index in [1.165, 1.54) is 13.1 Å². The molecule has 170 valence electrons. The minimum atomic E-state index is -0.481. The van der Waals surface area contributed by atoms with Gasteiger partial charge in [0.05, 0.1) is 20.3 Å². The highest BCUT2D eigenvalue weighted by molar-refractivity contribution is 9.10. The molecule has 9 heteroatoms. The predicted octanol–water partition coefficient (Wildman–Crippen LogP) is 2.63. The van der Waals surface area contributed by atoms with Gasteiger partial charge >= 0.3 is 0 Å². The van der Waals surface area contributed by atoms with Crippen LogP contribution < -0.4 is 15.5 Å². The lowest BCUT2D eigenvalue weighted by Gasteiger charge is -2.32. The van der Waals surface area contributed by atoms with E-state index in [4.69, 9.17) is 29.0 Å². The molecule has 0 radical (unpaired) electrons. The summed E-state index contributed by atoms with van der Waals surface area (Å²) in [7, 11) is 2.20. The van der Waals surface area contributed by atoms with Crippen LogP contribution in [-0.4, -0.2) is 45.2 Å². The molecule has 0 saturated carbocycles. The minimum absolute atomic E-state index is 0.118. The van der Waals surface area contributed by atoms with E-state index in [0.717, 1.165) is 17.7 Å². The van der Waals surface area contributed by atoms with Crippen molar-refractivity contribution in [3.8, 4) is 0 Å². The zero-order valence-electron chi connectivity index (χ0n) is 17.6. The van der Waals surface area contributed by atoms with Crippen LogP contribution in [0.4, 0.5) is 5.69 Å². The molecule has 3 N–H and O–H groups in total. The van der Waals surface area contributed by atoms with Crippen LogP contribution in [0.2, 0.25) is 5.02 Å². The van der Waals surface area contributed by atoms with Gasteiger partial charge in [-0.15, -0.1) is 0 Å². The molecule has 0 aliphatic carbocycles. The van der Waals surface area contributed by atoms with E-state index in [9.17, 15) is 9.59 Å². The number of quaternary nitrogens is 1. The Balaban J connectivity index is 0.000000352. The summed E-state index contributed by atoms with van der Waals surface area (Å²) >= 11 is 14.9. The number of ether oxygens (including phenoxy) is 1. The van der Waals surface area contributed by atoms with E-state index in [1.807, 2.05) is 18.2 Å². The Kier molecular flexibility index (Phi) is 9.07. The average molecular weight is 539 g/mol. The van der Waals surface area contributed by atoms with E-state index < -0.39 is 5.92 Å². The van der Waals surface area contributed by atoms with Gasteiger partial charge in [-0.1, -0.05) is 50.8 Å². The molecule has 2 amide bonds. The van der Waals surface area contributed by atoms with Gasteiger partial charge in [0.2, 0.25) is 5.91 Å². The SMILES string of the molecule is C[NH+]1CCOCC1.O=C1CC(c2ccccc2Cl)C(C(=O)Nc2ccc(Br)cc2)=C([S-])N1. The van der Waals surface area contributed by atoms with Crippen molar-refractivity contribution in [3.05, 3.63) is 74.2 Å². The van der Waals surface area contributed by atoms with E-state index in [1.54, 1.807) is 35.2 Å². The monoisotopic (exact) mass is 537 g/mol. The first-order chi connectivity index (χ1) is 15.3. The van der Waals surface area contributed by atoms with Gasteiger partial charge in [0.15, 0.2) is 0 Å². The zero-order valence-corrected chi connectivity index (χ0v) is 20.8. The molecule has 1 saturated heterocycles. The van der Waals surface area contributed by atoms with Crippen LogP contribution >= 0.6 is 27.5 Å². The Labute approximate surface area is 206 Å².